The topological polar surface area (TPSA) is 109 Å². The summed E-state index contributed by atoms with van der Waals surface area (Å²) in [7, 11) is 0. The first-order valence-corrected chi connectivity index (χ1v) is 6.54. The van der Waals surface area contributed by atoms with Gasteiger partial charge < -0.3 is 20.3 Å². The van der Waals surface area contributed by atoms with Crippen LogP contribution in [0.25, 0.3) is 0 Å². The van der Waals surface area contributed by atoms with E-state index in [-0.39, 0.29) is 13.1 Å². The molecule has 1 heterocycles. The molecule has 1 aromatic heterocycles. The van der Waals surface area contributed by atoms with E-state index >= 15 is 0 Å². The van der Waals surface area contributed by atoms with Crippen molar-refractivity contribution in [1.29, 1.82) is 0 Å². The zero-order valence-electron chi connectivity index (χ0n) is 12.0. The molecule has 3 N–H and O–H groups in total. The van der Waals surface area contributed by atoms with Crippen molar-refractivity contribution in [2.75, 3.05) is 6.54 Å². The van der Waals surface area contributed by atoms with E-state index in [1.165, 1.54) is 0 Å². The van der Waals surface area contributed by atoms with Crippen LogP contribution in [0.4, 0.5) is 4.79 Å². The van der Waals surface area contributed by atoms with Gasteiger partial charge in [-0.15, -0.1) is 10.2 Å². The maximum atomic E-state index is 11.7. The summed E-state index contributed by atoms with van der Waals surface area (Å²) in [6, 6.07) is -0.420. The molecule has 1 atom stereocenters. The van der Waals surface area contributed by atoms with Gasteiger partial charge in [-0.1, -0.05) is 6.92 Å². The fraction of sp³-hybridized carbons (Fsp3) is 0.667. The van der Waals surface area contributed by atoms with Crippen LogP contribution in [-0.4, -0.2) is 38.4 Å². The van der Waals surface area contributed by atoms with Gasteiger partial charge in [0, 0.05) is 13.1 Å². The van der Waals surface area contributed by atoms with Crippen molar-refractivity contribution in [1.82, 2.24) is 25.4 Å². The van der Waals surface area contributed by atoms with Gasteiger partial charge in [0.2, 0.25) is 0 Å². The van der Waals surface area contributed by atoms with E-state index in [1.54, 1.807) is 20.2 Å². The van der Waals surface area contributed by atoms with Crippen molar-refractivity contribution < 1.29 is 14.7 Å². The third-order valence-electron chi connectivity index (χ3n) is 3.38. The first-order chi connectivity index (χ1) is 9.42. The SMILES string of the molecule is CCn1cnnc1CNC(=O)NCC(C)(CC)C(=O)O. The van der Waals surface area contributed by atoms with E-state index in [4.69, 9.17) is 5.11 Å². The van der Waals surface area contributed by atoms with Gasteiger partial charge in [-0.25, -0.2) is 4.79 Å². The number of aromatic nitrogens is 3. The summed E-state index contributed by atoms with van der Waals surface area (Å²) in [4.78, 5) is 22.8. The fourth-order valence-electron chi connectivity index (χ4n) is 1.53. The molecular weight excluding hydrogens is 262 g/mol. The third-order valence-corrected chi connectivity index (χ3v) is 3.38. The number of hydrogen-bond donors (Lipinski definition) is 3. The van der Waals surface area contributed by atoms with E-state index in [1.807, 2.05) is 11.5 Å². The van der Waals surface area contributed by atoms with Crippen LogP contribution in [0.1, 0.15) is 33.0 Å². The molecule has 0 spiro atoms. The zero-order chi connectivity index (χ0) is 15.2. The Morgan fingerprint density at radius 2 is 2.10 bits per heavy atom. The molecule has 0 fully saturated rings. The second kappa shape index (κ2) is 6.88. The molecule has 0 radical (unpaired) electrons. The van der Waals surface area contributed by atoms with Crippen LogP contribution in [0.3, 0.4) is 0 Å². The fourth-order valence-corrected chi connectivity index (χ4v) is 1.53. The van der Waals surface area contributed by atoms with Crippen LogP contribution in [0.5, 0.6) is 0 Å². The van der Waals surface area contributed by atoms with Crippen LogP contribution in [0.2, 0.25) is 0 Å². The number of nitrogens with one attached hydrogen (secondary N) is 2. The summed E-state index contributed by atoms with van der Waals surface area (Å²) in [6.07, 6.45) is 2.03. The van der Waals surface area contributed by atoms with Gasteiger partial charge in [-0.3, -0.25) is 4.79 Å². The summed E-state index contributed by atoms with van der Waals surface area (Å²) in [5.41, 5.74) is -0.958. The van der Waals surface area contributed by atoms with Crippen LogP contribution in [-0.2, 0) is 17.9 Å². The number of nitrogens with zero attached hydrogens (tertiary/aromatic N) is 3. The Hall–Kier alpha value is -2.12. The Labute approximate surface area is 117 Å². The Bertz CT molecular complexity index is 473. The highest BCUT2D eigenvalue weighted by Gasteiger charge is 2.31. The molecule has 0 bridgehead atoms. The lowest BCUT2D eigenvalue weighted by atomic mass is 9.88. The third kappa shape index (κ3) is 3.94. The van der Waals surface area contributed by atoms with Gasteiger partial charge in [-0.05, 0) is 20.3 Å². The summed E-state index contributed by atoms with van der Waals surface area (Å²) in [6.45, 7) is 6.37. The number of rotatable bonds is 7. The molecule has 0 aliphatic rings. The molecular formula is C12H21N5O3. The van der Waals surface area contributed by atoms with Crippen LogP contribution in [0.15, 0.2) is 6.33 Å². The molecule has 1 unspecified atom stereocenters. The summed E-state index contributed by atoms with van der Waals surface area (Å²) in [5.74, 6) is -0.273. The van der Waals surface area contributed by atoms with Crippen LogP contribution in [0, 0.1) is 5.41 Å². The second-order valence-corrected chi connectivity index (χ2v) is 4.79. The Balaban J connectivity index is 2.43. The van der Waals surface area contributed by atoms with Crippen LogP contribution < -0.4 is 10.6 Å². The monoisotopic (exact) mass is 283 g/mol. The molecule has 1 rings (SSSR count). The Morgan fingerprint density at radius 3 is 2.65 bits per heavy atom. The first kappa shape index (κ1) is 15.9. The number of carbonyl (C=O) groups excluding carboxylic acids is 1. The lowest BCUT2D eigenvalue weighted by molar-refractivity contribution is -0.147. The van der Waals surface area contributed by atoms with Crippen molar-refractivity contribution in [3.63, 3.8) is 0 Å². The molecule has 0 saturated heterocycles. The number of carboxylic acids is 1. The number of aliphatic carboxylic acids is 1. The second-order valence-electron chi connectivity index (χ2n) is 4.79. The molecule has 112 valence electrons. The zero-order valence-corrected chi connectivity index (χ0v) is 12.0. The predicted molar refractivity (Wildman–Crippen MR) is 72.0 cm³/mol. The van der Waals surface area contributed by atoms with Crippen molar-refractivity contribution in [3.05, 3.63) is 12.2 Å². The summed E-state index contributed by atoms with van der Waals surface area (Å²) in [5, 5.41) is 21.9. The van der Waals surface area contributed by atoms with Gasteiger partial charge in [0.25, 0.3) is 0 Å². The highest BCUT2D eigenvalue weighted by molar-refractivity contribution is 5.77. The molecule has 1 aromatic rings. The molecule has 0 aliphatic carbocycles. The number of urea groups is 1. The van der Waals surface area contributed by atoms with Crippen LogP contribution >= 0.6 is 0 Å². The minimum atomic E-state index is -0.958. The summed E-state index contributed by atoms with van der Waals surface area (Å²) >= 11 is 0. The van der Waals surface area contributed by atoms with Gasteiger partial charge >= 0.3 is 12.0 Å². The Kier molecular flexibility index (Phi) is 5.48. The lowest BCUT2D eigenvalue weighted by Crippen LogP contribution is -2.44. The van der Waals surface area contributed by atoms with E-state index in [2.05, 4.69) is 20.8 Å². The van der Waals surface area contributed by atoms with Crippen molar-refractivity contribution >= 4 is 12.0 Å². The van der Waals surface area contributed by atoms with Gasteiger partial charge in [0.05, 0.1) is 12.0 Å². The van der Waals surface area contributed by atoms with E-state index in [0.717, 1.165) is 6.54 Å². The largest absolute Gasteiger partial charge is 0.481 e. The number of carboxylic acid groups (broad SMARTS) is 1. The highest BCUT2D eigenvalue weighted by atomic mass is 16.4. The minimum absolute atomic E-state index is 0.0745. The first-order valence-electron chi connectivity index (χ1n) is 6.54. The average molecular weight is 283 g/mol. The lowest BCUT2D eigenvalue weighted by Gasteiger charge is -2.23. The molecule has 8 nitrogen and oxygen atoms in total. The molecule has 0 aromatic carbocycles. The van der Waals surface area contributed by atoms with Gasteiger partial charge in [0.1, 0.15) is 6.33 Å². The van der Waals surface area contributed by atoms with Crippen molar-refractivity contribution in [2.24, 2.45) is 5.41 Å². The standard InChI is InChI=1S/C12H21N5O3/c1-4-12(3,10(18)19)7-14-11(20)13-6-9-16-15-8-17(9)5-2/h8H,4-7H2,1-3H3,(H,18,19)(H2,13,14,20). The van der Waals surface area contributed by atoms with E-state index in [0.29, 0.717) is 12.2 Å². The number of aryl methyl sites for hydroxylation is 1. The molecule has 20 heavy (non-hydrogen) atoms. The van der Waals surface area contributed by atoms with Crippen molar-refractivity contribution in [2.45, 2.75) is 40.3 Å². The number of amides is 2. The molecule has 8 heteroatoms. The molecule has 2 amide bonds. The highest BCUT2D eigenvalue weighted by Crippen LogP contribution is 2.19. The maximum Gasteiger partial charge on any atom is 0.315 e. The number of carbonyl (C=O) groups is 2. The molecule has 0 aliphatic heterocycles. The normalized spacial score (nSPS) is 13.6. The number of hydrogen-bond acceptors (Lipinski definition) is 4. The minimum Gasteiger partial charge on any atom is -0.481 e. The maximum absolute atomic E-state index is 11.7. The smallest absolute Gasteiger partial charge is 0.315 e. The van der Waals surface area contributed by atoms with E-state index in [9.17, 15) is 9.59 Å². The van der Waals surface area contributed by atoms with E-state index < -0.39 is 17.4 Å². The van der Waals surface area contributed by atoms with Crippen molar-refractivity contribution in [3.8, 4) is 0 Å². The predicted octanol–water partition coefficient (Wildman–Crippen LogP) is 0.598. The van der Waals surface area contributed by atoms with Gasteiger partial charge in [-0.2, -0.15) is 0 Å². The van der Waals surface area contributed by atoms with Gasteiger partial charge in [0.15, 0.2) is 5.82 Å². The quantitative estimate of drug-likeness (QED) is 0.679. The Morgan fingerprint density at radius 1 is 1.40 bits per heavy atom. The summed E-state index contributed by atoms with van der Waals surface area (Å²) < 4.78 is 1.81. The average Bonchev–Trinajstić information content (AvgIpc) is 2.89. The molecule has 0 saturated carbocycles.